The fraction of sp³-hybridized carbons (Fsp3) is 0.333. The smallest absolute Gasteiger partial charge is 0.214 e. The Bertz CT molecular complexity index is 306. The third kappa shape index (κ3) is 3.09. The van der Waals surface area contributed by atoms with E-state index in [2.05, 4.69) is 10.3 Å². The Kier molecular flexibility index (Phi) is 3.74. The molecule has 0 unspecified atom stereocenters. The van der Waals surface area contributed by atoms with Crippen LogP contribution in [0, 0.1) is 11.3 Å². The summed E-state index contributed by atoms with van der Waals surface area (Å²) in [5.74, 6) is 0.495. The number of aromatic nitrogens is 1. The predicted octanol–water partition coefficient (Wildman–Crippen LogP) is 0.551. The van der Waals surface area contributed by atoms with Crippen molar-refractivity contribution in [2.75, 3.05) is 20.2 Å². The first-order chi connectivity index (χ1) is 6.36. The molecule has 0 saturated carbocycles. The van der Waals surface area contributed by atoms with E-state index in [0.29, 0.717) is 18.2 Å². The van der Waals surface area contributed by atoms with Gasteiger partial charge in [0.15, 0.2) is 0 Å². The van der Waals surface area contributed by atoms with Gasteiger partial charge < -0.3 is 10.1 Å². The number of ether oxygens (including phenoxy) is 1. The molecule has 0 saturated heterocycles. The third-order valence-electron chi connectivity index (χ3n) is 1.44. The molecule has 0 aliphatic rings. The van der Waals surface area contributed by atoms with Crippen LogP contribution in [0.1, 0.15) is 5.69 Å². The molecule has 0 aliphatic heterocycles. The van der Waals surface area contributed by atoms with Crippen molar-refractivity contribution in [1.82, 2.24) is 10.3 Å². The summed E-state index contributed by atoms with van der Waals surface area (Å²) >= 11 is 0. The minimum Gasteiger partial charge on any atom is -0.476 e. The van der Waals surface area contributed by atoms with E-state index in [1.165, 1.54) is 0 Å². The van der Waals surface area contributed by atoms with E-state index in [0.717, 1.165) is 6.54 Å². The molecule has 0 bridgehead atoms. The fourth-order valence-corrected chi connectivity index (χ4v) is 0.815. The SMILES string of the molecule is CNCCOc1cccc(C#N)n1. The summed E-state index contributed by atoms with van der Waals surface area (Å²) in [4.78, 5) is 3.95. The van der Waals surface area contributed by atoms with Gasteiger partial charge in [-0.3, -0.25) is 0 Å². The maximum Gasteiger partial charge on any atom is 0.214 e. The van der Waals surface area contributed by atoms with Gasteiger partial charge in [0.1, 0.15) is 18.4 Å². The Labute approximate surface area is 77.2 Å². The van der Waals surface area contributed by atoms with E-state index in [1.807, 2.05) is 13.1 Å². The van der Waals surface area contributed by atoms with Crippen LogP contribution in [0.4, 0.5) is 0 Å². The second-order valence-electron chi connectivity index (χ2n) is 2.42. The molecule has 13 heavy (non-hydrogen) atoms. The Hall–Kier alpha value is -1.60. The van der Waals surface area contributed by atoms with Gasteiger partial charge in [0.25, 0.3) is 0 Å². The van der Waals surface area contributed by atoms with Crippen molar-refractivity contribution in [2.24, 2.45) is 0 Å². The van der Waals surface area contributed by atoms with Crippen LogP contribution in [0.2, 0.25) is 0 Å². The van der Waals surface area contributed by atoms with Crippen molar-refractivity contribution in [3.63, 3.8) is 0 Å². The Morgan fingerprint density at radius 2 is 2.46 bits per heavy atom. The van der Waals surface area contributed by atoms with Gasteiger partial charge in [-0.2, -0.15) is 5.26 Å². The molecule has 4 nitrogen and oxygen atoms in total. The zero-order valence-electron chi connectivity index (χ0n) is 7.45. The molecule has 0 aliphatic carbocycles. The molecule has 68 valence electrons. The summed E-state index contributed by atoms with van der Waals surface area (Å²) in [5, 5.41) is 11.5. The van der Waals surface area contributed by atoms with Crippen LogP contribution in [0.25, 0.3) is 0 Å². The van der Waals surface area contributed by atoms with Gasteiger partial charge in [-0.1, -0.05) is 6.07 Å². The lowest BCUT2D eigenvalue weighted by Gasteiger charge is -2.03. The topological polar surface area (TPSA) is 57.9 Å². The van der Waals surface area contributed by atoms with Crippen LogP contribution in [-0.2, 0) is 0 Å². The molecule has 0 fully saturated rings. The van der Waals surface area contributed by atoms with E-state index in [9.17, 15) is 0 Å². The number of likely N-dealkylation sites (N-methyl/N-ethyl adjacent to an activating group) is 1. The van der Waals surface area contributed by atoms with Gasteiger partial charge >= 0.3 is 0 Å². The number of nitrogens with one attached hydrogen (secondary N) is 1. The first kappa shape index (κ1) is 9.49. The average Bonchev–Trinajstić information content (AvgIpc) is 2.19. The number of nitriles is 1. The molecule has 4 heteroatoms. The van der Waals surface area contributed by atoms with Crippen LogP contribution in [-0.4, -0.2) is 25.2 Å². The van der Waals surface area contributed by atoms with E-state index >= 15 is 0 Å². The lowest BCUT2D eigenvalue weighted by atomic mass is 10.4. The maximum absolute atomic E-state index is 8.55. The molecule has 1 aromatic rings. The van der Waals surface area contributed by atoms with Gasteiger partial charge in [0.2, 0.25) is 5.88 Å². The standard InChI is InChI=1S/C9H11N3O/c1-11-5-6-13-9-4-2-3-8(7-10)12-9/h2-4,11H,5-6H2,1H3. The van der Waals surface area contributed by atoms with E-state index in [4.69, 9.17) is 10.00 Å². The molecule has 0 amide bonds. The number of pyridine rings is 1. The summed E-state index contributed by atoms with van der Waals surface area (Å²) in [5.41, 5.74) is 0.377. The molecule has 0 spiro atoms. The van der Waals surface area contributed by atoms with Crippen molar-refractivity contribution in [1.29, 1.82) is 5.26 Å². The fourth-order valence-electron chi connectivity index (χ4n) is 0.815. The van der Waals surface area contributed by atoms with Crippen molar-refractivity contribution in [2.45, 2.75) is 0 Å². The molecule has 0 radical (unpaired) electrons. The molecule has 1 heterocycles. The first-order valence-electron chi connectivity index (χ1n) is 4.01. The minimum atomic E-state index is 0.377. The molecule has 1 N–H and O–H groups in total. The van der Waals surface area contributed by atoms with Crippen LogP contribution in [0.15, 0.2) is 18.2 Å². The quantitative estimate of drug-likeness (QED) is 0.682. The molecular weight excluding hydrogens is 166 g/mol. The van der Waals surface area contributed by atoms with Gasteiger partial charge in [0, 0.05) is 12.6 Å². The minimum absolute atomic E-state index is 0.377. The van der Waals surface area contributed by atoms with Crippen LogP contribution < -0.4 is 10.1 Å². The highest BCUT2D eigenvalue weighted by molar-refractivity contribution is 5.24. The largest absolute Gasteiger partial charge is 0.476 e. The van der Waals surface area contributed by atoms with Crippen molar-refractivity contribution in [3.05, 3.63) is 23.9 Å². The number of hydrogen-bond donors (Lipinski definition) is 1. The average molecular weight is 177 g/mol. The third-order valence-corrected chi connectivity index (χ3v) is 1.44. The second kappa shape index (κ2) is 5.12. The lowest BCUT2D eigenvalue weighted by Crippen LogP contribution is -2.16. The second-order valence-corrected chi connectivity index (χ2v) is 2.42. The van der Waals surface area contributed by atoms with Gasteiger partial charge in [-0.05, 0) is 13.1 Å². The predicted molar refractivity (Wildman–Crippen MR) is 48.4 cm³/mol. The summed E-state index contributed by atoms with van der Waals surface area (Å²) < 4.78 is 5.26. The molecule has 1 rings (SSSR count). The zero-order valence-corrected chi connectivity index (χ0v) is 7.45. The Balaban J connectivity index is 2.52. The summed E-state index contributed by atoms with van der Waals surface area (Å²) in [7, 11) is 1.85. The lowest BCUT2D eigenvalue weighted by molar-refractivity contribution is 0.306. The van der Waals surface area contributed by atoms with Crippen LogP contribution in [0.3, 0.4) is 0 Å². The molecular formula is C9H11N3O. The summed E-state index contributed by atoms with van der Waals surface area (Å²) in [6, 6.07) is 7.08. The Morgan fingerprint density at radius 3 is 3.15 bits per heavy atom. The van der Waals surface area contributed by atoms with Crippen molar-refractivity contribution >= 4 is 0 Å². The first-order valence-corrected chi connectivity index (χ1v) is 4.01. The van der Waals surface area contributed by atoms with Crippen molar-refractivity contribution < 1.29 is 4.74 Å². The number of rotatable bonds is 4. The monoisotopic (exact) mass is 177 g/mol. The highest BCUT2D eigenvalue weighted by atomic mass is 16.5. The maximum atomic E-state index is 8.55. The molecule has 0 aromatic carbocycles. The highest BCUT2D eigenvalue weighted by Gasteiger charge is 1.96. The Morgan fingerprint density at radius 1 is 1.62 bits per heavy atom. The van der Waals surface area contributed by atoms with E-state index in [1.54, 1.807) is 18.2 Å². The summed E-state index contributed by atoms with van der Waals surface area (Å²) in [6.07, 6.45) is 0. The van der Waals surface area contributed by atoms with Gasteiger partial charge in [0.05, 0.1) is 0 Å². The normalized spacial score (nSPS) is 9.23. The van der Waals surface area contributed by atoms with Gasteiger partial charge in [-0.25, -0.2) is 4.98 Å². The van der Waals surface area contributed by atoms with Crippen molar-refractivity contribution in [3.8, 4) is 11.9 Å². The zero-order chi connectivity index (χ0) is 9.52. The van der Waals surface area contributed by atoms with Crippen LogP contribution in [0.5, 0.6) is 5.88 Å². The van der Waals surface area contributed by atoms with Gasteiger partial charge in [-0.15, -0.1) is 0 Å². The summed E-state index contributed by atoms with van der Waals surface area (Å²) in [6.45, 7) is 1.32. The molecule has 1 aromatic heterocycles. The number of hydrogen-bond acceptors (Lipinski definition) is 4. The van der Waals surface area contributed by atoms with E-state index in [-0.39, 0.29) is 0 Å². The number of nitrogens with zero attached hydrogens (tertiary/aromatic N) is 2. The van der Waals surface area contributed by atoms with E-state index < -0.39 is 0 Å². The van der Waals surface area contributed by atoms with Crippen LogP contribution >= 0.6 is 0 Å². The molecule has 0 atom stereocenters. The highest BCUT2D eigenvalue weighted by Crippen LogP contribution is 2.05.